The minimum absolute atomic E-state index is 0. The van der Waals surface area contributed by atoms with Crippen LogP contribution in [-0.2, 0) is 4.79 Å². The number of halogens is 2. The van der Waals surface area contributed by atoms with Crippen LogP contribution in [0.3, 0.4) is 0 Å². The summed E-state index contributed by atoms with van der Waals surface area (Å²) in [6.07, 6.45) is 5.51. The average molecular weight is 278 g/mol. The zero-order valence-electron chi connectivity index (χ0n) is 9.39. The number of hydrogen-bond donors (Lipinski definition) is 2. The molecule has 1 rings (SSSR count). The molecule has 0 fully saturated rings. The summed E-state index contributed by atoms with van der Waals surface area (Å²) < 4.78 is 0. The molecular formula is C11H17Cl2N3O. The molecule has 1 amide bonds. The first-order chi connectivity index (χ1) is 7.22. The first kappa shape index (κ1) is 18.1. The van der Waals surface area contributed by atoms with Crippen LogP contribution in [0.4, 0.5) is 11.5 Å². The lowest BCUT2D eigenvalue weighted by molar-refractivity contribution is -0.116. The number of nitrogens with one attached hydrogen (secondary N) is 1. The van der Waals surface area contributed by atoms with Crippen LogP contribution < -0.4 is 11.1 Å². The summed E-state index contributed by atoms with van der Waals surface area (Å²) in [4.78, 5) is 15.2. The van der Waals surface area contributed by atoms with E-state index in [1.807, 2.05) is 0 Å². The van der Waals surface area contributed by atoms with Crippen LogP contribution in [0.1, 0.15) is 19.3 Å². The number of nitrogens with two attached hydrogens (primary N) is 1. The molecule has 0 unspecified atom stereocenters. The van der Waals surface area contributed by atoms with E-state index in [0.29, 0.717) is 17.9 Å². The molecule has 0 bridgehead atoms. The SMILES string of the molecule is C=CCCCC(=O)Nc1ccc(N)nc1.Cl.Cl. The fraction of sp³-hybridized carbons (Fsp3) is 0.273. The molecule has 0 aromatic carbocycles. The molecular weight excluding hydrogens is 261 g/mol. The van der Waals surface area contributed by atoms with E-state index in [-0.39, 0.29) is 30.7 Å². The van der Waals surface area contributed by atoms with Crippen molar-refractivity contribution in [1.29, 1.82) is 0 Å². The van der Waals surface area contributed by atoms with E-state index < -0.39 is 0 Å². The largest absolute Gasteiger partial charge is 0.384 e. The molecule has 0 aliphatic rings. The average Bonchev–Trinajstić information content (AvgIpc) is 2.22. The van der Waals surface area contributed by atoms with Gasteiger partial charge in [-0.25, -0.2) is 4.98 Å². The summed E-state index contributed by atoms with van der Waals surface area (Å²) in [6, 6.07) is 3.38. The number of aromatic nitrogens is 1. The number of rotatable bonds is 5. The van der Waals surface area contributed by atoms with Crippen molar-refractivity contribution in [2.45, 2.75) is 19.3 Å². The number of carbonyl (C=O) groups is 1. The van der Waals surface area contributed by atoms with Crippen LogP contribution in [0.25, 0.3) is 0 Å². The van der Waals surface area contributed by atoms with Crippen molar-refractivity contribution in [2.24, 2.45) is 0 Å². The highest BCUT2D eigenvalue weighted by Crippen LogP contribution is 2.08. The van der Waals surface area contributed by atoms with E-state index in [2.05, 4.69) is 16.9 Å². The molecule has 17 heavy (non-hydrogen) atoms. The van der Waals surface area contributed by atoms with Gasteiger partial charge in [-0.1, -0.05) is 6.08 Å². The van der Waals surface area contributed by atoms with E-state index in [1.54, 1.807) is 24.4 Å². The van der Waals surface area contributed by atoms with Crippen molar-refractivity contribution in [3.63, 3.8) is 0 Å². The number of nitrogens with zero attached hydrogens (tertiary/aromatic N) is 1. The van der Waals surface area contributed by atoms with Gasteiger partial charge in [0.1, 0.15) is 5.82 Å². The molecule has 1 aromatic heterocycles. The molecule has 4 nitrogen and oxygen atoms in total. The summed E-state index contributed by atoms with van der Waals surface area (Å²) in [6.45, 7) is 3.60. The van der Waals surface area contributed by atoms with Crippen molar-refractivity contribution in [1.82, 2.24) is 4.98 Å². The maximum absolute atomic E-state index is 11.4. The highest BCUT2D eigenvalue weighted by Gasteiger charge is 2.01. The van der Waals surface area contributed by atoms with Crippen LogP contribution >= 0.6 is 24.8 Å². The zero-order valence-corrected chi connectivity index (χ0v) is 11.0. The van der Waals surface area contributed by atoms with Gasteiger partial charge < -0.3 is 11.1 Å². The van der Waals surface area contributed by atoms with E-state index >= 15 is 0 Å². The van der Waals surface area contributed by atoms with Crippen molar-refractivity contribution < 1.29 is 4.79 Å². The van der Waals surface area contributed by atoms with Crippen molar-refractivity contribution >= 4 is 42.2 Å². The van der Waals surface area contributed by atoms with Crippen LogP contribution in [0.2, 0.25) is 0 Å². The Morgan fingerprint density at radius 3 is 2.71 bits per heavy atom. The molecule has 0 radical (unpaired) electrons. The Labute approximate surface area is 114 Å². The fourth-order valence-electron chi connectivity index (χ4n) is 1.11. The number of anilines is 2. The van der Waals surface area contributed by atoms with Crippen LogP contribution in [0.5, 0.6) is 0 Å². The minimum Gasteiger partial charge on any atom is -0.384 e. The van der Waals surface area contributed by atoms with Gasteiger partial charge in [0.15, 0.2) is 0 Å². The minimum atomic E-state index is -0.0107. The van der Waals surface area contributed by atoms with Crippen molar-refractivity contribution in [2.75, 3.05) is 11.1 Å². The number of allylic oxidation sites excluding steroid dienone is 1. The standard InChI is InChI=1S/C11H15N3O.2ClH/c1-2-3-4-5-11(15)14-9-6-7-10(12)13-8-9;;/h2,6-8H,1,3-5H2,(H2,12,13)(H,14,15);2*1H. The van der Waals surface area contributed by atoms with Gasteiger partial charge in [0.2, 0.25) is 5.91 Å². The van der Waals surface area contributed by atoms with Gasteiger partial charge in [-0.3, -0.25) is 4.79 Å². The maximum atomic E-state index is 11.4. The van der Waals surface area contributed by atoms with Crippen LogP contribution in [-0.4, -0.2) is 10.9 Å². The molecule has 0 aliphatic carbocycles. The lowest BCUT2D eigenvalue weighted by Gasteiger charge is -2.03. The maximum Gasteiger partial charge on any atom is 0.224 e. The van der Waals surface area contributed by atoms with E-state index in [4.69, 9.17) is 5.73 Å². The topological polar surface area (TPSA) is 68.0 Å². The summed E-state index contributed by atoms with van der Waals surface area (Å²) in [5, 5.41) is 2.74. The predicted molar refractivity (Wildman–Crippen MR) is 75.8 cm³/mol. The third-order valence-electron chi connectivity index (χ3n) is 1.88. The second-order valence-electron chi connectivity index (χ2n) is 3.20. The molecule has 0 saturated carbocycles. The van der Waals surface area contributed by atoms with Gasteiger partial charge >= 0.3 is 0 Å². The quantitative estimate of drug-likeness (QED) is 0.642. The van der Waals surface area contributed by atoms with Gasteiger partial charge in [0, 0.05) is 6.42 Å². The first-order valence-electron chi connectivity index (χ1n) is 4.84. The Morgan fingerprint density at radius 1 is 1.47 bits per heavy atom. The Morgan fingerprint density at radius 2 is 2.18 bits per heavy atom. The molecule has 1 aromatic rings. The lowest BCUT2D eigenvalue weighted by Crippen LogP contribution is -2.11. The number of unbranched alkanes of at least 4 members (excludes halogenated alkanes) is 1. The van der Waals surface area contributed by atoms with Crippen molar-refractivity contribution in [3.05, 3.63) is 31.0 Å². The van der Waals surface area contributed by atoms with E-state index in [1.165, 1.54) is 0 Å². The number of pyridine rings is 1. The van der Waals surface area contributed by atoms with Gasteiger partial charge in [0.05, 0.1) is 11.9 Å². The summed E-state index contributed by atoms with van der Waals surface area (Å²) in [5.74, 6) is 0.433. The lowest BCUT2D eigenvalue weighted by atomic mass is 10.2. The Balaban J connectivity index is 0. The van der Waals surface area contributed by atoms with Gasteiger partial charge in [-0.2, -0.15) is 0 Å². The second kappa shape index (κ2) is 9.93. The smallest absolute Gasteiger partial charge is 0.224 e. The molecule has 0 saturated heterocycles. The Hall–Kier alpha value is -1.26. The van der Waals surface area contributed by atoms with E-state index in [0.717, 1.165) is 12.8 Å². The van der Waals surface area contributed by atoms with Crippen molar-refractivity contribution in [3.8, 4) is 0 Å². The highest BCUT2D eigenvalue weighted by molar-refractivity contribution is 5.90. The summed E-state index contributed by atoms with van der Waals surface area (Å²) in [5.41, 5.74) is 6.09. The molecule has 0 aliphatic heterocycles. The molecule has 6 heteroatoms. The Kier molecular flexibility index (Phi) is 10.6. The van der Waals surface area contributed by atoms with Crippen LogP contribution in [0, 0.1) is 0 Å². The molecule has 0 spiro atoms. The summed E-state index contributed by atoms with van der Waals surface area (Å²) in [7, 11) is 0. The zero-order chi connectivity index (χ0) is 11.1. The van der Waals surface area contributed by atoms with Gasteiger partial charge in [-0.05, 0) is 25.0 Å². The Bertz CT molecular complexity index is 341. The fourth-order valence-corrected chi connectivity index (χ4v) is 1.11. The third kappa shape index (κ3) is 7.60. The van der Waals surface area contributed by atoms with Crippen LogP contribution in [0.15, 0.2) is 31.0 Å². The van der Waals surface area contributed by atoms with Gasteiger partial charge in [-0.15, -0.1) is 31.4 Å². The normalized spacial score (nSPS) is 8.47. The number of amides is 1. The molecule has 1 heterocycles. The van der Waals surface area contributed by atoms with E-state index in [9.17, 15) is 4.79 Å². The number of carbonyl (C=O) groups excluding carboxylic acids is 1. The van der Waals surface area contributed by atoms with Gasteiger partial charge in [0.25, 0.3) is 0 Å². The second-order valence-corrected chi connectivity index (χ2v) is 3.20. The molecule has 3 N–H and O–H groups in total. The highest BCUT2D eigenvalue weighted by atomic mass is 35.5. The summed E-state index contributed by atoms with van der Waals surface area (Å²) >= 11 is 0. The first-order valence-corrected chi connectivity index (χ1v) is 4.84. The monoisotopic (exact) mass is 277 g/mol. The number of hydrogen-bond acceptors (Lipinski definition) is 3. The number of nitrogen functional groups attached to an aromatic ring is 1. The predicted octanol–water partition coefficient (Wildman–Crippen LogP) is 2.80. The molecule has 96 valence electrons. The molecule has 0 atom stereocenters. The third-order valence-corrected chi connectivity index (χ3v) is 1.88.